The first kappa shape index (κ1) is 12.6. The van der Waals surface area contributed by atoms with Crippen LogP contribution in [0.15, 0.2) is 28.7 Å². The van der Waals surface area contributed by atoms with E-state index in [1.807, 2.05) is 24.3 Å². The Hall–Kier alpha value is -0.870. The van der Waals surface area contributed by atoms with Crippen LogP contribution in [0.25, 0.3) is 0 Å². The fraction of sp³-hybridized carbons (Fsp3) is 0.462. The lowest BCUT2D eigenvalue weighted by Crippen LogP contribution is -2.31. The zero-order valence-corrected chi connectivity index (χ0v) is 11.4. The van der Waals surface area contributed by atoms with Crippen LogP contribution in [0.2, 0.25) is 0 Å². The van der Waals surface area contributed by atoms with Gasteiger partial charge in [-0.3, -0.25) is 0 Å². The van der Waals surface area contributed by atoms with Crippen molar-refractivity contribution in [3.63, 3.8) is 0 Å². The molecule has 0 saturated heterocycles. The van der Waals surface area contributed by atoms with Gasteiger partial charge in [0.15, 0.2) is 0 Å². The van der Waals surface area contributed by atoms with Gasteiger partial charge in [0.2, 0.25) is 0 Å². The number of carbonyl (C=O) groups excluding carboxylic acids is 1. The summed E-state index contributed by atoms with van der Waals surface area (Å²) in [5.41, 5.74) is 0.931. The molecule has 1 aliphatic carbocycles. The molecule has 1 saturated carbocycles. The van der Waals surface area contributed by atoms with E-state index in [9.17, 15) is 4.79 Å². The van der Waals surface area contributed by atoms with Gasteiger partial charge in [-0.25, -0.2) is 4.79 Å². The van der Waals surface area contributed by atoms with Crippen LogP contribution in [-0.2, 0) is 9.53 Å². The SMILES string of the molecule is COC(=O)C(NCC1CC1)c1ccccc1Br. The minimum atomic E-state index is -0.379. The lowest BCUT2D eigenvalue weighted by molar-refractivity contribution is -0.143. The molecule has 1 unspecified atom stereocenters. The van der Waals surface area contributed by atoms with Crippen molar-refractivity contribution in [1.82, 2.24) is 5.32 Å². The van der Waals surface area contributed by atoms with Crippen molar-refractivity contribution in [1.29, 1.82) is 0 Å². The van der Waals surface area contributed by atoms with E-state index in [1.165, 1.54) is 20.0 Å². The molecule has 0 heterocycles. The van der Waals surface area contributed by atoms with Crippen molar-refractivity contribution in [3.8, 4) is 0 Å². The van der Waals surface area contributed by atoms with Crippen LogP contribution in [-0.4, -0.2) is 19.6 Å². The normalized spacial score (nSPS) is 16.6. The Morgan fingerprint density at radius 2 is 2.24 bits per heavy atom. The summed E-state index contributed by atoms with van der Waals surface area (Å²) < 4.78 is 5.78. The van der Waals surface area contributed by atoms with Gasteiger partial charge < -0.3 is 10.1 Å². The number of hydrogen-bond acceptors (Lipinski definition) is 3. The molecule has 1 atom stereocenters. The Morgan fingerprint density at radius 3 is 2.82 bits per heavy atom. The molecule has 0 radical (unpaired) electrons. The van der Waals surface area contributed by atoms with Gasteiger partial charge in [-0.05, 0) is 36.9 Å². The summed E-state index contributed by atoms with van der Waals surface area (Å²) in [6.07, 6.45) is 2.52. The van der Waals surface area contributed by atoms with Gasteiger partial charge in [-0.2, -0.15) is 0 Å². The molecule has 0 amide bonds. The molecule has 17 heavy (non-hydrogen) atoms. The highest BCUT2D eigenvalue weighted by molar-refractivity contribution is 9.10. The van der Waals surface area contributed by atoms with E-state index in [1.54, 1.807) is 0 Å². The monoisotopic (exact) mass is 297 g/mol. The molecule has 3 nitrogen and oxygen atoms in total. The van der Waals surface area contributed by atoms with Crippen molar-refractivity contribution in [2.24, 2.45) is 5.92 Å². The molecule has 2 rings (SSSR count). The number of ether oxygens (including phenoxy) is 1. The number of hydrogen-bond donors (Lipinski definition) is 1. The standard InChI is InChI=1S/C13H16BrNO2/c1-17-13(16)12(15-8-9-6-7-9)10-4-2-3-5-11(10)14/h2-5,9,12,15H,6-8H2,1H3. The maximum Gasteiger partial charge on any atom is 0.327 e. The van der Waals surface area contributed by atoms with Gasteiger partial charge in [-0.1, -0.05) is 34.1 Å². The molecule has 1 aromatic carbocycles. The molecule has 0 aliphatic heterocycles. The van der Waals surface area contributed by atoms with Crippen molar-refractivity contribution in [2.75, 3.05) is 13.7 Å². The summed E-state index contributed by atoms with van der Waals surface area (Å²) in [5.74, 6) is 0.488. The second-order valence-electron chi connectivity index (χ2n) is 4.33. The van der Waals surface area contributed by atoms with Crippen LogP contribution < -0.4 is 5.32 Å². The van der Waals surface area contributed by atoms with Crippen molar-refractivity contribution >= 4 is 21.9 Å². The van der Waals surface area contributed by atoms with E-state index in [2.05, 4.69) is 21.2 Å². The average Bonchev–Trinajstić information content (AvgIpc) is 3.15. The van der Waals surface area contributed by atoms with Gasteiger partial charge in [0, 0.05) is 4.47 Å². The Kier molecular flexibility index (Phi) is 4.18. The van der Waals surface area contributed by atoms with Gasteiger partial charge in [0.05, 0.1) is 7.11 Å². The summed E-state index contributed by atoms with van der Waals surface area (Å²) in [6.45, 7) is 0.876. The predicted octanol–water partition coefficient (Wildman–Crippen LogP) is 2.66. The first-order chi connectivity index (χ1) is 8.22. The lowest BCUT2D eigenvalue weighted by Gasteiger charge is -2.18. The summed E-state index contributed by atoms with van der Waals surface area (Å²) in [7, 11) is 1.42. The zero-order valence-electron chi connectivity index (χ0n) is 9.78. The molecule has 0 aromatic heterocycles. The number of nitrogens with one attached hydrogen (secondary N) is 1. The third-order valence-electron chi connectivity index (χ3n) is 2.96. The molecule has 0 bridgehead atoms. The Labute approximate surface area is 110 Å². The number of methoxy groups -OCH3 is 1. The van der Waals surface area contributed by atoms with Crippen molar-refractivity contribution in [2.45, 2.75) is 18.9 Å². The molecule has 1 aliphatic rings. The van der Waals surface area contributed by atoms with E-state index in [0.717, 1.165) is 22.5 Å². The van der Waals surface area contributed by atoms with Gasteiger partial charge in [-0.15, -0.1) is 0 Å². The van der Waals surface area contributed by atoms with Crippen molar-refractivity contribution < 1.29 is 9.53 Å². The summed E-state index contributed by atoms with van der Waals surface area (Å²) in [4.78, 5) is 11.8. The molecule has 1 fully saturated rings. The molecular weight excluding hydrogens is 282 g/mol. The number of rotatable bonds is 5. The topological polar surface area (TPSA) is 38.3 Å². The third kappa shape index (κ3) is 3.30. The van der Waals surface area contributed by atoms with Gasteiger partial charge in [0.25, 0.3) is 0 Å². The Bertz CT molecular complexity index is 404. The first-order valence-corrected chi connectivity index (χ1v) is 6.57. The van der Waals surface area contributed by atoms with E-state index >= 15 is 0 Å². The highest BCUT2D eigenvalue weighted by Gasteiger charge is 2.27. The third-order valence-corrected chi connectivity index (χ3v) is 3.68. The van der Waals surface area contributed by atoms with E-state index in [0.29, 0.717) is 0 Å². The predicted molar refractivity (Wildman–Crippen MR) is 69.6 cm³/mol. The highest BCUT2D eigenvalue weighted by Crippen LogP contribution is 2.30. The van der Waals surface area contributed by atoms with Gasteiger partial charge in [0.1, 0.15) is 6.04 Å². The average molecular weight is 298 g/mol. The van der Waals surface area contributed by atoms with E-state index < -0.39 is 0 Å². The van der Waals surface area contributed by atoms with Crippen LogP contribution in [0.3, 0.4) is 0 Å². The first-order valence-electron chi connectivity index (χ1n) is 5.78. The number of esters is 1. The summed E-state index contributed by atoms with van der Waals surface area (Å²) >= 11 is 3.47. The van der Waals surface area contributed by atoms with Crippen molar-refractivity contribution in [3.05, 3.63) is 34.3 Å². The molecule has 0 spiro atoms. The summed E-state index contributed by atoms with van der Waals surface area (Å²) in [6, 6.07) is 7.35. The quantitative estimate of drug-likeness (QED) is 0.849. The molecule has 4 heteroatoms. The van der Waals surface area contributed by atoms with E-state index in [-0.39, 0.29) is 12.0 Å². The smallest absolute Gasteiger partial charge is 0.327 e. The van der Waals surface area contributed by atoms with Gasteiger partial charge >= 0.3 is 5.97 Å². The zero-order chi connectivity index (χ0) is 12.3. The Morgan fingerprint density at radius 1 is 1.53 bits per heavy atom. The van der Waals surface area contributed by atoms with E-state index in [4.69, 9.17) is 4.74 Å². The highest BCUT2D eigenvalue weighted by atomic mass is 79.9. The fourth-order valence-corrected chi connectivity index (χ4v) is 2.27. The second-order valence-corrected chi connectivity index (χ2v) is 5.18. The van der Waals surface area contributed by atoms with Crippen LogP contribution in [0.4, 0.5) is 0 Å². The minimum absolute atomic E-state index is 0.238. The second kappa shape index (κ2) is 5.65. The largest absolute Gasteiger partial charge is 0.468 e. The van der Waals surface area contributed by atoms with Crippen LogP contribution in [0, 0.1) is 5.92 Å². The summed E-state index contributed by atoms with van der Waals surface area (Å²) in [5, 5.41) is 3.28. The maximum atomic E-state index is 11.8. The number of benzene rings is 1. The molecular formula is C13H16BrNO2. The number of carbonyl (C=O) groups is 1. The number of halogens is 1. The maximum absolute atomic E-state index is 11.8. The Balaban J connectivity index is 2.13. The van der Waals surface area contributed by atoms with Crippen LogP contribution in [0.1, 0.15) is 24.4 Å². The minimum Gasteiger partial charge on any atom is -0.468 e. The molecule has 92 valence electrons. The van der Waals surface area contributed by atoms with Crippen LogP contribution >= 0.6 is 15.9 Å². The molecule has 1 N–H and O–H groups in total. The lowest BCUT2D eigenvalue weighted by atomic mass is 10.1. The fourth-order valence-electron chi connectivity index (χ4n) is 1.75. The van der Waals surface area contributed by atoms with Crippen LogP contribution in [0.5, 0.6) is 0 Å². The molecule has 1 aromatic rings.